The highest BCUT2D eigenvalue weighted by Gasteiger charge is 2.36. The molecule has 3 aromatic carbocycles. The topological polar surface area (TPSA) is 129 Å². The maximum absolute atomic E-state index is 14.3. The molecule has 0 radical (unpaired) electrons. The van der Waals surface area contributed by atoms with Crippen LogP contribution < -0.4 is 10.0 Å². The molecule has 4 rings (SSSR count). The van der Waals surface area contributed by atoms with Crippen molar-refractivity contribution in [2.45, 2.75) is 69.7 Å². The Labute approximate surface area is 247 Å². The van der Waals surface area contributed by atoms with Gasteiger partial charge in [0.1, 0.15) is 18.2 Å². The summed E-state index contributed by atoms with van der Waals surface area (Å²) >= 11 is 0. The van der Waals surface area contributed by atoms with Crippen LogP contribution in [0.25, 0.3) is 10.8 Å². The second kappa shape index (κ2) is 13.0. The molecule has 42 heavy (non-hydrogen) atoms. The van der Waals surface area contributed by atoms with E-state index in [1.54, 1.807) is 57.2 Å². The molecule has 1 aliphatic heterocycles. The van der Waals surface area contributed by atoms with Crippen molar-refractivity contribution < 1.29 is 22.7 Å². The fraction of sp³-hybridized carbons (Fsp3) is 0.406. The Hall–Kier alpha value is -3.78. The quantitative estimate of drug-likeness (QED) is 0.359. The number of benzene rings is 3. The minimum absolute atomic E-state index is 0.0196. The number of piperidine rings is 1. The van der Waals surface area contributed by atoms with Crippen molar-refractivity contribution in [2.75, 3.05) is 13.1 Å². The first kappa shape index (κ1) is 31.2. The van der Waals surface area contributed by atoms with Crippen LogP contribution in [0.1, 0.15) is 51.7 Å². The molecule has 0 spiro atoms. The van der Waals surface area contributed by atoms with Crippen LogP contribution in [0.5, 0.6) is 0 Å². The van der Waals surface area contributed by atoms with Gasteiger partial charge >= 0.3 is 5.97 Å². The third-order valence-electron chi connectivity index (χ3n) is 7.14. The number of nitriles is 1. The predicted octanol–water partition coefficient (Wildman–Crippen LogP) is 4.12. The van der Waals surface area contributed by atoms with Gasteiger partial charge in [-0.1, -0.05) is 49.4 Å². The van der Waals surface area contributed by atoms with E-state index in [1.807, 2.05) is 24.3 Å². The summed E-state index contributed by atoms with van der Waals surface area (Å²) in [7, 11) is -4.16. The molecule has 0 saturated carbocycles. The number of carbonyl (C=O) groups excluding carboxylic acids is 2. The molecule has 3 atom stereocenters. The summed E-state index contributed by atoms with van der Waals surface area (Å²) in [6.07, 6.45) is 1.02. The molecule has 2 unspecified atom stereocenters. The average molecular weight is 591 g/mol. The fourth-order valence-corrected chi connectivity index (χ4v) is 6.37. The van der Waals surface area contributed by atoms with Crippen LogP contribution in [0.2, 0.25) is 0 Å². The van der Waals surface area contributed by atoms with Gasteiger partial charge in [0.05, 0.1) is 22.7 Å². The van der Waals surface area contributed by atoms with E-state index < -0.39 is 39.7 Å². The first-order valence-electron chi connectivity index (χ1n) is 14.1. The lowest BCUT2D eigenvalue weighted by Crippen LogP contribution is -2.59. The maximum atomic E-state index is 14.3. The summed E-state index contributed by atoms with van der Waals surface area (Å²) in [6.45, 7) is 7.65. The number of ether oxygens (including phenoxy) is 1. The highest BCUT2D eigenvalue weighted by atomic mass is 32.2. The van der Waals surface area contributed by atoms with Crippen LogP contribution in [0.4, 0.5) is 0 Å². The molecule has 9 nitrogen and oxygen atoms in total. The number of hydrogen-bond acceptors (Lipinski definition) is 7. The first-order valence-corrected chi connectivity index (χ1v) is 15.6. The van der Waals surface area contributed by atoms with Gasteiger partial charge in [-0.15, -0.1) is 0 Å². The van der Waals surface area contributed by atoms with Crippen molar-refractivity contribution in [3.63, 3.8) is 0 Å². The van der Waals surface area contributed by atoms with E-state index >= 15 is 0 Å². The summed E-state index contributed by atoms with van der Waals surface area (Å²) < 4.78 is 35.6. The van der Waals surface area contributed by atoms with Crippen LogP contribution in [0, 0.1) is 17.2 Å². The average Bonchev–Trinajstić information content (AvgIpc) is 2.94. The molecule has 1 aliphatic rings. The second-order valence-electron chi connectivity index (χ2n) is 11.9. The predicted molar refractivity (Wildman–Crippen MR) is 161 cm³/mol. The number of carbonyl (C=O) groups is 2. The number of sulfonamides is 1. The van der Waals surface area contributed by atoms with E-state index in [0.717, 1.165) is 17.2 Å². The minimum Gasteiger partial charge on any atom is -0.459 e. The number of hydrogen-bond donors (Lipinski definition) is 2. The second-order valence-corrected chi connectivity index (χ2v) is 13.6. The Bertz CT molecular complexity index is 1590. The van der Waals surface area contributed by atoms with Crippen LogP contribution in [-0.4, -0.2) is 56.1 Å². The normalized spacial score (nSPS) is 18.2. The van der Waals surface area contributed by atoms with Crippen LogP contribution in [-0.2, 0) is 30.8 Å². The Morgan fingerprint density at radius 2 is 1.83 bits per heavy atom. The van der Waals surface area contributed by atoms with Crippen molar-refractivity contribution in [3.05, 3.63) is 77.9 Å². The summed E-state index contributed by atoms with van der Waals surface area (Å²) in [6, 6.07) is 19.7. The van der Waals surface area contributed by atoms with Gasteiger partial charge in [0.25, 0.3) is 0 Å². The van der Waals surface area contributed by atoms with Gasteiger partial charge in [-0.25, -0.2) is 8.42 Å². The number of fused-ring (bicyclic) bond motifs is 1. The van der Waals surface area contributed by atoms with Crippen molar-refractivity contribution in [2.24, 2.45) is 5.92 Å². The van der Waals surface area contributed by atoms with E-state index in [4.69, 9.17) is 4.74 Å². The molecule has 1 fully saturated rings. The lowest BCUT2D eigenvalue weighted by atomic mass is 9.96. The van der Waals surface area contributed by atoms with Crippen molar-refractivity contribution >= 4 is 32.7 Å². The lowest BCUT2D eigenvalue weighted by molar-refractivity contribution is -0.161. The highest BCUT2D eigenvalue weighted by molar-refractivity contribution is 7.89. The SMILES string of the molecule is CC1CCNC(N(CC(=O)OC(C)(C)C)C(=O)[C@H](Cc2cccc(C#N)c2)NS(=O)(=O)c2ccc3ccccc3c2)C1. The van der Waals surface area contributed by atoms with Gasteiger partial charge in [-0.05, 0) is 93.1 Å². The smallest absolute Gasteiger partial charge is 0.326 e. The zero-order chi connectivity index (χ0) is 30.5. The number of nitrogens with zero attached hydrogens (tertiary/aromatic N) is 2. The molecule has 1 amide bonds. The Balaban J connectivity index is 1.71. The third-order valence-corrected chi connectivity index (χ3v) is 8.61. The number of amides is 1. The van der Waals surface area contributed by atoms with E-state index in [0.29, 0.717) is 30.0 Å². The Kier molecular flexibility index (Phi) is 9.67. The van der Waals surface area contributed by atoms with Crippen molar-refractivity contribution in [3.8, 4) is 6.07 Å². The third kappa shape index (κ3) is 8.16. The van der Waals surface area contributed by atoms with Gasteiger partial charge in [0, 0.05) is 0 Å². The summed E-state index contributed by atoms with van der Waals surface area (Å²) in [5.74, 6) is -0.845. The van der Waals surface area contributed by atoms with Gasteiger partial charge in [0.15, 0.2) is 0 Å². The lowest BCUT2D eigenvalue weighted by Gasteiger charge is -2.39. The standard InChI is InChI=1S/C32H38N4O5S/c1-22-14-15-34-29(16-22)36(21-30(37)41-32(2,3)4)31(38)28(18-23-8-7-9-24(17-23)20-33)35-42(39,40)27-13-12-25-10-5-6-11-26(25)19-27/h5-13,17,19,22,28-29,34-35H,14-16,18,21H2,1-4H3/t22?,28-,29?/m0/s1. The zero-order valence-electron chi connectivity index (χ0n) is 24.5. The van der Waals surface area contributed by atoms with Crippen LogP contribution >= 0.6 is 0 Å². The van der Waals surface area contributed by atoms with Crippen LogP contribution in [0.15, 0.2) is 71.6 Å². The Morgan fingerprint density at radius 3 is 2.52 bits per heavy atom. The number of nitrogens with one attached hydrogen (secondary N) is 2. The molecule has 0 bridgehead atoms. The Morgan fingerprint density at radius 1 is 1.10 bits per heavy atom. The molecule has 2 N–H and O–H groups in total. The molecule has 10 heteroatoms. The molecule has 0 aliphatic carbocycles. The van der Waals surface area contributed by atoms with Gasteiger partial charge in [-0.2, -0.15) is 9.98 Å². The number of rotatable bonds is 9. The molecule has 1 saturated heterocycles. The first-order chi connectivity index (χ1) is 19.8. The summed E-state index contributed by atoms with van der Waals surface area (Å²) in [4.78, 5) is 28.7. The van der Waals surface area contributed by atoms with E-state index in [-0.39, 0.29) is 17.9 Å². The highest BCUT2D eigenvalue weighted by Crippen LogP contribution is 2.23. The zero-order valence-corrected chi connectivity index (χ0v) is 25.3. The largest absolute Gasteiger partial charge is 0.459 e. The monoisotopic (exact) mass is 590 g/mol. The summed E-state index contributed by atoms with van der Waals surface area (Å²) in [5.41, 5.74) is 0.244. The summed E-state index contributed by atoms with van der Waals surface area (Å²) in [5, 5.41) is 14.4. The molecule has 1 heterocycles. The van der Waals surface area contributed by atoms with Gasteiger partial charge in [0.2, 0.25) is 15.9 Å². The van der Waals surface area contributed by atoms with Crippen molar-refractivity contribution in [1.82, 2.24) is 14.9 Å². The van der Waals surface area contributed by atoms with E-state index in [9.17, 15) is 23.3 Å². The fourth-order valence-electron chi connectivity index (χ4n) is 5.14. The molecular formula is C32H38N4O5S. The van der Waals surface area contributed by atoms with Crippen molar-refractivity contribution in [1.29, 1.82) is 5.26 Å². The number of esters is 1. The molecule has 3 aromatic rings. The minimum atomic E-state index is -4.16. The van der Waals surface area contributed by atoms with Gasteiger partial charge in [-0.3, -0.25) is 14.9 Å². The van der Waals surface area contributed by atoms with E-state index in [1.165, 1.54) is 11.0 Å². The van der Waals surface area contributed by atoms with Crippen LogP contribution in [0.3, 0.4) is 0 Å². The van der Waals surface area contributed by atoms with Gasteiger partial charge < -0.3 is 9.64 Å². The van der Waals surface area contributed by atoms with E-state index in [2.05, 4.69) is 23.0 Å². The molecular weight excluding hydrogens is 552 g/mol. The molecule has 222 valence electrons. The maximum Gasteiger partial charge on any atom is 0.326 e. The molecule has 0 aromatic heterocycles.